The second kappa shape index (κ2) is 7.09. The summed E-state index contributed by atoms with van der Waals surface area (Å²) in [5, 5.41) is 3.26. The first-order valence-electron chi connectivity index (χ1n) is 6.95. The molecule has 0 unspecified atom stereocenters. The second-order valence-corrected chi connectivity index (χ2v) is 5.70. The summed E-state index contributed by atoms with van der Waals surface area (Å²) in [6.07, 6.45) is 1.76. The van der Waals surface area contributed by atoms with Gasteiger partial charge >= 0.3 is 0 Å². The van der Waals surface area contributed by atoms with Crippen LogP contribution in [0.1, 0.15) is 5.56 Å². The number of nitrogens with one attached hydrogen (secondary N) is 1. The number of ether oxygens (including phenoxy) is 1. The molecule has 4 heteroatoms. The van der Waals surface area contributed by atoms with Crippen molar-refractivity contribution in [1.29, 1.82) is 0 Å². The Hall–Kier alpha value is -2.33. The van der Waals surface area contributed by atoms with E-state index in [1.165, 1.54) is 0 Å². The van der Waals surface area contributed by atoms with Crippen LogP contribution in [0.5, 0.6) is 5.75 Å². The van der Waals surface area contributed by atoms with E-state index in [9.17, 15) is 0 Å². The Labute approximate surface area is 138 Å². The van der Waals surface area contributed by atoms with Gasteiger partial charge in [-0.25, -0.2) is 4.98 Å². The van der Waals surface area contributed by atoms with Crippen LogP contribution in [0.4, 0.5) is 11.5 Å². The molecule has 1 N–H and O–H groups in total. The van der Waals surface area contributed by atoms with Gasteiger partial charge in [0.25, 0.3) is 0 Å². The molecule has 0 bridgehead atoms. The summed E-state index contributed by atoms with van der Waals surface area (Å²) in [4.78, 5) is 4.30. The minimum atomic E-state index is 0.556. The fourth-order valence-electron chi connectivity index (χ4n) is 2.00. The Morgan fingerprint density at radius 3 is 2.59 bits per heavy atom. The summed E-state index contributed by atoms with van der Waals surface area (Å²) < 4.78 is 6.78. The summed E-state index contributed by atoms with van der Waals surface area (Å²) in [6.45, 7) is 0.556. The van der Waals surface area contributed by atoms with E-state index >= 15 is 0 Å². The molecule has 3 aromatic rings. The number of hydrogen-bond acceptors (Lipinski definition) is 3. The van der Waals surface area contributed by atoms with E-state index in [0.29, 0.717) is 6.61 Å². The van der Waals surface area contributed by atoms with Crippen LogP contribution < -0.4 is 10.1 Å². The van der Waals surface area contributed by atoms with E-state index < -0.39 is 0 Å². The Morgan fingerprint density at radius 1 is 0.955 bits per heavy atom. The van der Waals surface area contributed by atoms with E-state index in [4.69, 9.17) is 4.74 Å². The lowest BCUT2D eigenvalue weighted by molar-refractivity contribution is 0.306. The van der Waals surface area contributed by atoms with Gasteiger partial charge in [0.2, 0.25) is 0 Å². The van der Waals surface area contributed by atoms with Crippen molar-refractivity contribution in [3.8, 4) is 5.75 Å². The third-order valence-corrected chi connectivity index (χ3v) is 3.55. The highest BCUT2D eigenvalue weighted by Crippen LogP contribution is 2.22. The predicted molar refractivity (Wildman–Crippen MR) is 92.4 cm³/mol. The van der Waals surface area contributed by atoms with Crippen molar-refractivity contribution in [2.24, 2.45) is 0 Å². The lowest BCUT2D eigenvalue weighted by Gasteiger charge is -2.09. The molecule has 1 heterocycles. The van der Waals surface area contributed by atoms with Crippen molar-refractivity contribution in [3.63, 3.8) is 0 Å². The molecule has 0 aliphatic carbocycles. The van der Waals surface area contributed by atoms with Gasteiger partial charge in [0, 0.05) is 22.4 Å². The molecule has 0 aliphatic rings. The molecule has 110 valence electrons. The van der Waals surface area contributed by atoms with E-state index in [2.05, 4.69) is 26.2 Å². The number of aromatic nitrogens is 1. The zero-order valence-electron chi connectivity index (χ0n) is 11.9. The van der Waals surface area contributed by atoms with E-state index in [1.54, 1.807) is 6.20 Å². The van der Waals surface area contributed by atoms with Crippen molar-refractivity contribution in [2.45, 2.75) is 6.61 Å². The van der Waals surface area contributed by atoms with Gasteiger partial charge in [-0.2, -0.15) is 0 Å². The topological polar surface area (TPSA) is 34.1 Å². The van der Waals surface area contributed by atoms with Gasteiger partial charge in [0.05, 0.1) is 0 Å². The summed E-state index contributed by atoms with van der Waals surface area (Å²) >= 11 is 3.37. The molecule has 0 saturated heterocycles. The molecule has 2 aromatic carbocycles. The van der Waals surface area contributed by atoms with Crippen LogP contribution >= 0.6 is 15.9 Å². The van der Waals surface area contributed by atoms with Crippen molar-refractivity contribution in [3.05, 3.63) is 83.0 Å². The van der Waals surface area contributed by atoms with Crippen LogP contribution in [0.3, 0.4) is 0 Å². The molecule has 0 saturated carbocycles. The average molecular weight is 355 g/mol. The lowest BCUT2D eigenvalue weighted by atomic mass is 10.2. The minimum Gasteiger partial charge on any atom is -0.489 e. The zero-order valence-corrected chi connectivity index (χ0v) is 13.5. The summed E-state index contributed by atoms with van der Waals surface area (Å²) in [5.74, 6) is 1.62. The number of nitrogens with zero attached hydrogens (tertiary/aromatic N) is 1. The van der Waals surface area contributed by atoms with E-state index in [1.807, 2.05) is 66.7 Å². The summed E-state index contributed by atoms with van der Waals surface area (Å²) in [5.41, 5.74) is 2.09. The van der Waals surface area contributed by atoms with Crippen LogP contribution in [0.2, 0.25) is 0 Å². The first-order valence-corrected chi connectivity index (χ1v) is 7.74. The van der Waals surface area contributed by atoms with Gasteiger partial charge < -0.3 is 10.1 Å². The second-order valence-electron chi connectivity index (χ2n) is 4.79. The normalized spacial score (nSPS) is 10.2. The number of anilines is 2. The zero-order chi connectivity index (χ0) is 15.2. The van der Waals surface area contributed by atoms with Gasteiger partial charge in [-0.05, 0) is 45.8 Å². The molecular weight excluding hydrogens is 340 g/mol. The number of halogens is 1. The Balaban J connectivity index is 1.66. The molecule has 0 radical (unpaired) electrons. The van der Waals surface area contributed by atoms with Crippen LogP contribution in [-0.4, -0.2) is 4.98 Å². The highest BCUT2D eigenvalue weighted by atomic mass is 79.9. The smallest absolute Gasteiger partial charge is 0.130 e. The van der Waals surface area contributed by atoms with Crippen molar-refractivity contribution >= 4 is 27.4 Å². The number of benzene rings is 2. The molecular formula is C18H15BrN2O. The van der Waals surface area contributed by atoms with Gasteiger partial charge in [-0.1, -0.05) is 36.4 Å². The molecule has 1 aromatic heterocycles. The molecule has 0 aliphatic heterocycles. The first kappa shape index (κ1) is 14.6. The molecule has 0 atom stereocenters. The Kier molecular flexibility index (Phi) is 4.71. The summed E-state index contributed by atoms with van der Waals surface area (Å²) in [6, 6.07) is 21.8. The van der Waals surface area contributed by atoms with Crippen molar-refractivity contribution < 1.29 is 4.74 Å². The SMILES string of the molecule is Brc1ccc(Nc2cccc(OCc3ccccc3)c2)nc1. The first-order chi connectivity index (χ1) is 10.8. The minimum absolute atomic E-state index is 0.556. The van der Waals surface area contributed by atoms with Crippen LogP contribution in [0.15, 0.2) is 77.4 Å². The van der Waals surface area contributed by atoms with Crippen LogP contribution in [0.25, 0.3) is 0 Å². The van der Waals surface area contributed by atoms with Gasteiger partial charge in [-0.3, -0.25) is 0 Å². The fourth-order valence-corrected chi connectivity index (χ4v) is 2.24. The van der Waals surface area contributed by atoms with Gasteiger partial charge in [-0.15, -0.1) is 0 Å². The largest absolute Gasteiger partial charge is 0.489 e. The average Bonchev–Trinajstić information content (AvgIpc) is 2.57. The van der Waals surface area contributed by atoms with Crippen molar-refractivity contribution in [1.82, 2.24) is 4.98 Å². The Bertz CT molecular complexity index is 730. The quantitative estimate of drug-likeness (QED) is 0.686. The summed E-state index contributed by atoms with van der Waals surface area (Å²) in [7, 11) is 0. The number of hydrogen-bond donors (Lipinski definition) is 1. The van der Waals surface area contributed by atoms with Crippen LogP contribution in [-0.2, 0) is 6.61 Å². The monoisotopic (exact) mass is 354 g/mol. The highest BCUT2D eigenvalue weighted by molar-refractivity contribution is 9.10. The maximum atomic E-state index is 5.82. The number of rotatable bonds is 5. The third kappa shape index (κ3) is 4.09. The van der Waals surface area contributed by atoms with E-state index in [0.717, 1.165) is 27.3 Å². The molecule has 0 amide bonds. The predicted octanol–water partition coefficient (Wildman–Crippen LogP) is 5.17. The Morgan fingerprint density at radius 2 is 1.82 bits per heavy atom. The fraction of sp³-hybridized carbons (Fsp3) is 0.0556. The van der Waals surface area contributed by atoms with Gasteiger partial charge in [0.15, 0.2) is 0 Å². The standard InChI is InChI=1S/C18H15BrN2O/c19-15-9-10-18(20-12-15)21-16-7-4-8-17(11-16)22-13-14-5-2-1-3-6-14/h1-12H,13H2,(H,20,21). The maximum Gasteiger partial charge on any atom is 0.130 e. The number of pyridine rings is 1. The van der Waals surface area contributed by atoms with Crippen LogP contribution in [0, 0.1) is 0 Å². The molecule has 3 nitrogen and oxygen atoms in total. The molecule has 0 fully saturated rings. The molecule has 22 heavy (non-hydrogen) atoms. The molecule has 0 spiro atoms. The molecule has 3 rings (SSSR count). The van der Waals surface area contributed by atoms with Crippen molar-refractivity contribution in [2.75, 3.05) is 5.32 Å². The lowest BCUT2D eigenvalue weighted by Crippen LogP contribution is -1.97. The van der Waals surface area contributed by atoms with Gasteiger partial charge in [0.1, 0.15) is 18.2 Å². The van der Waals surface area contributed by atoms with E-state index in [-0.39, 0.29) is 0 Å². The third-order valence-electron chi connectivity index (χ3n) is 3.08. The highest BCUT2D eigenvalue weighted by Gasteiger charge is 2.00. The maximum absolute atomic E-state index is 5.82.